The lowest BCUT2D eigenvalue weighted by Crippen LogP contribution is -2.49. The molecule has 0 N–H and O–H groups in total. The Morgan fingerprint density at radius 2 is 1.73 bits per heavy atom. The molecule has 0 aromatic heterocycles. The molecule has 3 rings (SSSR count). The molecular weight excluding hydrogens is 266 g/mol. The Morgan fingerprint density at radius 3 is 2.41 bits per heavy atom. The highest BCUT2D eigenvalue weighted by Crippen LogP contribution is 2.48. The highest BCUT2D eigenvalue weighted by atomic mass is 15.2. The number of para-hydroxylation sites is 1. The van der Waals surface area contributed by atoms with Crippen molar-refractivity contribution in [2.45, 2.75) is 59.0 Å². The molecule has 1 heteroatoms. The van der Waals surface area contributed by atoms with Gasteiger partial charge in [-0.25, -0.2) is 0 Å². The summed E-state index contributed by atoms with van der Waals surface area (Å²) in [6, 6.07) is 10.0. The molecule has 118 valence electrons. The van der Waals surface area contributed by atoms with Crippen molar-refractivity contribution in [3.63, 3.8) is 0 Å². The van der Waals surface area contributed by atoms with E-state index < -0.39 is 0 Å². The number of hydrogen-bond acceptors (Lipinski definition) is 1. The summed E-state index contributed by atoms with van der Waals surface area (Å²) in [4.78, 5) is 2.71. The zero-order valence-corrected chi connectivity index (χ0v) is 14.6. The van der Waals surface area contributed by atoms with E-state index in [-0.39, 0.29) is 5.41 Å². The van der Waals surface area contributed by atoms with Crippen LogP contribution < -0.4 is 4.90 Å². The molecule has 0 saturated carbocycles. The van der Waals surface area contributed by atoms with Crippen molar-refractivity contribution < 1.29 is 0 Å². The SMILES string of the molecule is CC(C)CC(N1c2ccccc2C2C=CC=CC21)C(C)(C)C. The second kappa shape index (κ2) is 5.61. The maximum atomic E-state index is 2.71. The van der Waals surface area contributed by atoms with Crippen LogP contribution in [-0.4, -0.2) is 12.1 Å². The maximum absolute atomic E-state index is 2.71. The zero-order chi connectivity index (χ0) is 15.9. The summed E-state index contributed by atoms with van der Waals surface area (Å²) >= 11 is 0. The van der Waals surface area contributed by atoms with Gasteiger partial charge in [-0.3, -0.25) is 0 Å². The van der Waals surface area contributed by atoms with Crippen LogP contribution >= 0.6 is 0 Å². The molecule has 2 aliphatic rings. The fraction of sp³-hybridized carbons (Fsp3) is 0.524. The molecule has 0 saturated heterocycles. The van der Waals surface area contributed by atoms with Gasteiger partial charge in [-0.1, -0.05) is 77.1 Å². The average molecular weight is 295 g/mol. The number of anilines is 1. The van der Waals surface area contributed by atoms with E-state index in [0.717, 1.165) is 0 Å². The van der Waals surface area contributed by atoms with Gasteiger partial charge in [-0.05, 0) is 29.4 Å². The van der Waals surface area contributed by atoms with Crippen LogP contribution in [0.5, 0.6) is 0 Å². The lowest BCUT2D eigenvalue weighted by atomic mass is 9.80. The van der Waals surface area contributed by atoms with Crippen molar-refractivity contribution in [1.82, 2.24) is 0 Å². The predicted molar refractivity (Wildman–Crippen MR) is 96.4 cm³/mol. The van der Waals surface area contributed by atoms with Crippen molar-refractivity contribution >= 4 is 5.69 Å². The average Bonchev–Trinajstić information content (AvgIpc) is 2.78. The van der Waals surface area contributed by atoms with E-state index in [2.05, 4.69) is 88.1 Å². The smallest absolute Gasteiger partial charge is 0.0583 e. The van der Waals surface area contributed by atoms with E-state index in [1.165, 1.54) is 17.7 Å². The molecule has 3 unspecified atom stereocenters. The van der Waals surface area contributed by atoms with Gasteiger partial charge in [0.2, 0.25) is 0 Å². The third-order valence-electron chi connectivity index (χ3n) is 5.03. The molecule has 0 amide bonds. The van der Waals surface area contributed by atoms with Crippen LogP contribution in [-0.2, 0) is 0 Å². The Hall–Kier alpha value is -1.50. The third kappa shape index (κ3) is 2.62. The second-order valence-corrected chi connectivity index (χ2v) is 8.26. The molecule has 1 nitrogen and oxygen atoms in total. The molecule has 1 heterocycles. The van der Waals surface area contributed by atoms with Crippen LogP contribution in [0.3, 0.4) is 0 Å². The van der Waals surface area contributed by atoms with E-state index >= 15 is 0 Å². The molecule has 1 aromatic rings. The van der Waals surface area contributed by atoms with Crippen molar-refractivity contribution in [2.75, 3.05) is 4.90 Å². The number of nitrogens with zero attached hydrogens (tertiary/aromatic N) is 1. The number of fused-ring (bicyclic) bond motifs is 3. The molecule has 3 atom stereocenters. The monoisotopic (exact) mass is 295 g/mol. The van der Waals surface area contributed by atoms with Gasteiger partial charge in [0.15, 0.2) is 0 Å². The topological polar surface area (TPSA) is 3.24 Å². The Balaban J connectivity index is 2.07. The molecule has 0 bridgehead atoms. The van der Waals surface area contributed by atoms with Crippen LogP contribution in [0.2, 0.25) is 0 Å². The highest BCUT2D eigenvalue weighted by Gasteiger charge is 2.43. The highest BCUT2D eigenvalue weighted by molar-refractivity contribution is 5.66. The molecule has 0 radical (unpaired) electrons. The molecule has 0 spiro atoms. The Bertz CT molecular complexity index is 588. The summed E-state index contributed by atoms with van der Waals surface area (Å²) in [6.45, 7) is 11.8. The van der Waals surface area contributed by atoms with Crippen LogP contribution in [0.4, 0.5) is 5.69 Å². The van der Waals surface area contributed by atoms with Crippen LogP contribution in [0.25, 0.3) is 0 Å². The first kappa shape index (κ1) is 15.4. The Morgan fingerprint density at radius 1 is 1.05 bits per heavy atom. The van der Waals surface area contributed by atoms with Crippen molar-refractivity contribution in [3.8, 4) is 0 Å². The van der Waals surface area contributed by atoms with E-state index in [9.17, 15) is 0 Å². The zero-order valence-electron chi connectivity index (χ0n) is 14.6. The van der Waals surface area contributed by atoms with Gasteiger partial charge in [-0.15, -0.1) is 0 Å². The van der Waals surface area contributed by atoms with E-state index in [0.29, 0.717) is 23.9 Å². The lowest BCUT2D eigenvalue weighted by molar-refractivity contribution is 0.259. The van der Waals surface area contributed by atoms with E-state index in [1.54, 1.807) is 0 Å². The number of hydrogen-bond donors (Lipinski definition) is 0. The third-order valence-corrected chi connectivity index (χ3v) is 5.03. The molecular formula is C21H29N. The molecule has 1 aliphatic heterocycles. The largest absolute Gasteiger partial charge is 0.360 e. The summed E-state index contributed by atoms with van der Waals surface area (Å²) in [5.74, 6) is 1.22. The van der Waals surface area contributed by atoms with Gasteiger partial charge < -0.3 is 4.90 Å². The van der Waals surface area contributed by atoms with Gasteiger partial charge >= 0.3 is 0 Å². The Labute approximate surface area is 135 Å². The minimum Gasteiger partial charge on any atom is -0.360 e. The lowest BCUT2D eigenvalue weighted by Gasteiger charge is -2.44. The standard InChI is InChI=1S/C21H29N/c1-15(2)14-20(21(3,4)5)22-18-12-8-6-10-16(18)17-11-7-9-13-19(17)22/h6-13,15-16,18,20H,14H2,1-5H3. The van der Waals surface area contributed by atoms with Crippen LogP contribution in [0.1, 0.15) is 52.5 Å². The van der Waals surface area contributed by atoms with Gasteiger partial charge in [0, 0.05) is 17.6 Å². The molecule has 1 aromatic carbocycles. The first-order valence-electron chi connectivity index (χ1n) is 8.62. The summed E-state index contributed by atoms with van der Waals surface area (Å²) in [7, 11) is 0. The molecule has 22 heavy (non-hydrogen) atoms. The van der Waals surface area contributed by atoms with Crippen molar-refractivity contribution in [1.29, 1.82) is 0 Å². The minimum absolute atomic E-state index is 0.265. The normalized spacial score (nSPS) is 24.5. The van der Waals surface area contributed by atoms with Gasteiger partial charge in [0.25, 0.3) is 0 Å². The molecule has 1 aliphatic carbocycles. The second-order valence-electron chi connectivity index (χ2n) is 8.26. The van der Waals surface area contributed by atoms with Crippen LogP contribution in [0.15, 0.2) is 48.6 Å². The number of allylic oxidation sites excluding steroid dienone is 2. The number of benzene rings is 1. The Kier molecular flexibility index (Phi) is 3.92. The van der Waals surface area contributed by atoms with E-state index in [1.807, 2.05) is 0 Å². The fourth-order valence-electron chi connectivity index (χ4n) is 4.02. The fourth-order valence-corrected chi connectivity index (χ4v) is 4.02. The van der Waals surface area contributed by atoms with E-state index in [4.69, 9.17) is 0 Å². The van der Waals surface area contributed by atoms with Gasteiger partial charge in [0.1, 0.15) is 0 Å². The number of rotatable bonds is 3. The summed E-state index contributed by atoms with van der Waals surface area (Å²) in [5, 5.41) is 0. The minimum atomic E-state index is 0.265. The summed E-state index contributed by atoms with van der Waals surface area (Å²) in [6.07, 6.45) is 10.4. The maximum Gasteiger partial charge on any atom is 0.0583 e. The van der Waals surface area contributed by atoms with Crippen molar-refractivity contribution in [2.24, 2.45) is 11.3 Å². The van der Waals surface area contributed by atoms with Crippen LogP contribution in [0, 0.1) is 11.3 Å². The first-order chi connectivity index (χ1) is 10.4. The quantitative estimate of drug-likeness (QED) is 0.707. The van der Waals surface area contributed by atoms with Crippen molar-refractivity contribution in [3.05, 3.63) is 54.1 Å². The van der Waals surface area contributed by atoms with Gasteiger partial charge in [-0.2, -0.15) is 0 Å². The summed E-state index contributed by atoms with van der Waals surface area (Å²) in [5.41, 5.74) is 3.20. The first-order valence-corrected chi connectivity index (χ1v) is 8.62. The molecule has 0 fully saturated rings. The predicted octanol–water partition coefficient (Wildman–Crippen LogP) is 5.55. The van der Waals surface area contributed by atoms with Gasteiger partial charge in [0.05, 0.1) is 6.04 Å². The summed E-state index contributed by atoms with van der Waals surface area (Å²) < 4.78 is 0.